The maximum atomic E-state index is 6.21. The zero-order valence-electron chi connectivity index (χ0n) is 25.7. The number of benzene rings is 8. The largest absolute Gasteiger partial charge is 0.456 e. The Morgan fingerprint density at radius 1 is 0.255 bits per heavy atom. The first kappa shape index (κ1) is 27.2. The Kier molecular flexibility index (Phi) is 6.54. The molecule has 0 spiro atoms. The van der Waals surface area contributed by atoms with E-state index in [1.165, 1.54) is 71.8 Å². The normalized spacial score (nSPS) is 11.4. The Bertz CT molecular complexity index is 2560. The molecule has 1 aromatic heterocycles. The molecule has 9 aromatic rings. The summed E-state index contributed by atoms with van der Waals surface area (Å²) >= 11 is 0. The first-order valence-electron chi connectivity index (χ1n) is 16.1. The molecule has 0 radical (unpaired) electrons. The van der Waals surface area contributed by atoms with Crippen LogP contribution in [0.15, 0.2) is 186 Å². The van der Waals surface area contributed by atoms with Gasteiger partial charge in [0.15, 0.2) is 0 Å². The fourth-order valence-corrected chi connectivity index (χ4v) is 6.87. The van der Waals surface area contributed by atoms with Crippen molar-refractivity contribution in [3.63, 3.8) is 0 Å². The number of hydrogen-bond acceptors (Lipinski definition) is 1. The molecule has 1 heteroatoms. The lowest BCUT2D eigenvalue weighted by Crippen LogP contribution is -1.88. The summed E-state index contributed by atoms with van der Waals surface area (Å²) in [6.45, 7) is 0. The summed E-state index contributed by atoms with van der Waals surface area (Å²) in [5, 5.41) is 4.75. The van der Waals surface area contributed by atoms with Crippen LogP contribution in [0.1, 0.15) is 0 Å². The van der Waals surface area contributed by atoms with Crippen LogP contribution in [-0.4, -0.2) is 0 Å². The third kappa shape index (κ3) is 4.99. The Labute approximate surface area is 274 Å². The molecule has 0 N–H and O–H groups in total. The van der Waals surface area contributed by atoms with E-state index in [-0.39, 0.29) is 0 Å². The van der Waals surface area contributed by atoms with E-state index in [2.05, 4.69) is 170 Å². The second kappa shape index (κ2) is 11.3. The lowest BCUT2D eigenvalue weighted by atomic mass is 9.91. The molecule has 9 rings (SSSR count). The van der Waals surface area contributed by atoms with Crippen LogP contribution < -0.4 is 0 Å². The molecule has 0 saturated heterocycles. The van der Waals surface area contributed by atoms with Gasteiger partial charge in [-0.25, -0.2) is 0 Å². The zero-order chi connectivity index (χ0) is 31.2. The van der Waals surface area contributed by atoms with Crippen molar-refractivity contribution in [1.82, 2.24) is 0 Å². The average Bonchev–Trinajstić information content (AvgIpc) is 3.55. The number of furan rings is 1. The highest BCUT2D eigenvalue weighted by molar-refractivity contribution is 6.19. The average molecular weight is 599 g/mol. The second-order valence-electron chi connectivity index (χ2n) is 12.2. The fraction of sp³-hybridized carbons (Fsp3) is 0. The third-order valence-electron chi connectivity index (χ3n) is 9.23. The van der Waals surface area contributed by atoms with Crippen LogP contribution in [-0.2, 0) is 0 Å². The molecule has 220 valence electrons. The third-order valence-corrected chi connectivity index (χ3v) is 9.23. The van der Waals surface area contributed by atoms with Crippen molar-refractivity contribution in [2.75, 3.05) is 0 Å². The van der Waals surface area contributed by atoms with Gasteiger partial charge in [-0.2, -0.15) is 0 Å². The Morgan fingerprint density at radius 3 is 1.36 bits per heavy atom. The molecule has 0 atom stereocenters. The molecule has 0 fully saturated rings. The van der Waals surface area contributed by atoms with Gasteiger partial charge in [-0.15, -0.1) is 0 Å². The second-order valence-corrected chi connectivity index (χ2v) is 12.2. The number of fused-ring (bicyclic) bond motifs is 5. The smallest absolute Gasteiger partial charge is 0.136 e. The van der Waals surface area contributed by atoms with Gasteiger partial charge in [-0.05, 0) is 115 Å². The highest BCUT2D eigenvalue weighted by Crippen LogP contribution is 2.38. The first-order chi connectivity index (χ1) is 23.3. The van der Waals surface area contributed by atoms with Gasteiger partial charge in [0.25, 0.3) is 0 Å². The molecule has 8 aromatic carbocycles. The van der Waals surface area contributed by atoms with E-state index in [0.29, 0.717) is 0 Å². The minimum Gasteiger partial charge on any atom is -0.456 e. The quantitative estimate of drug-likeness (QED) is 0.192. The van der Waals surface area contributed by atoms with Crippen molar-refractivity contribution < 1.29 is 4.42 Å². The number of para-hydroxylation sites is 1. The van der Waals surface area contributed by atoms with Crippen molar-refractivity contribution in [3.05, 3.63) is 182 Å². The van der Waals surface area contributed by atoms with E-state index in [9.17, 15) is 0 Å². The van der Waals surface area contributed by atoms with Gasteiger partial charge in [0.05, 0.1) is 0 Å². The van der Waals surface area contributed by atoms with Crippen molar-refractivity contribution in [1.29, 1.82) is 0 Å². The summed E-state index contributed by atoms with van der Waals surface area (Å²) < 4.78 is 6.21. The number of rotatable bonds is 5. The molecule has 0 saturated carbocycles. The topological polar surface area (TPSA) is 13.1 Å². The summed E-state index contributed by atoms with van der Waals surface area (Å²) in [5.74, 6) is 0. The molecule has 0 aliphatic carbocycles. The van der Waals surface area contributed by atoms with E-state index in [1.54, 1.807) is 0 Å². The van der Waals surface area contributed by atoms with Crippen LogP contribution in [0.4, 0.5) is 0 Å². The summed E-state index contributed by atoms with van der Waals surface area (Å²) in [6.07, 6.45) is 0. The highest BCUT2D eigenvalue weighted by Gasteiger charge is 2.13. The maximum Gasteiger partial charge on any atom is 0.136 e. The molecule has 0 aliphatic rings. The zero-order valence-corrected chi connectivity index (χ0v) is 25.7. The van der Waals surface area contributed by atoms with E-state index >= 15 is 0 Å². The van der Waals surface area contributed by atoms with Gasteiger partial charge >= 0.3 is 0 Å². The minimum atomic E-state index is 0.922. The molecule has 0 unspecified atom stereocenters. The molecule has 47 heavy (non-hydrogen) atoms. The van der Waals surface area contributed by atoms with Crippen LogP contribution >= 0.6 is 0 Å². The first-order valence-corrected chi connectivity index (χ1v) is 16.1. The molecular formula is C46H30O. The van der Waals surface area contributed by atoms with Crippen molar-refractivity contribution in [3.8, 4) is 55.6 Å². The summed E-state index contributed by atoms with van der Waals surface area (Å²) in [4.78, 5) is 0. The van der Waals surface area contributed by atoms with E-state index in [1.807, 2.05) is 12.1 Å². The standard InChI is InChI=1S/C46H30O/c1-3-11-31(12-4-1)34-15-9-17-36(25-34)40-27-39(32-13-5-2-6-14-32)28-41(29-40)37-18-10-16-35(26-37)38-22-21-33-23-24-45-46(43(33)30-38)42-19-7-8-20-44(42)47-45/h1-30H. The van der Waals surface area contributed by atoms with Crippen molar-refractivity contribution >= 4 is 32.7 Å². The van der Waals surface area contributed by atoms with Gasteiger partial charge in [0.2, 0.25) is 0 Å². The fourth-order valence-electron chi connectivity index (χ4n) is 6.87. The predicted molar refractivity (Wildman–Crippen MR) is 198 cm³/mol. The Balaban J connectivity index is 1.18. The monoisotopic (exact) mass is 598 g/mol. The molecular weight excluding hydrogens is 569 g/mol. The molecule has 1 heterocycles. The summed E-state index contributed by atoms with van der Waals surface area (Å²) in [6, 6.07) is 65.4. The van der Waals surface area contributed by atoms with Gasteiger partial charge in [-0.1, -0.05) is 133 Å². The van der Waals surface area contributed by atoms with Crippen LogP contribution in [0.2, 0.25) is 0 Å². The van der Waals surface area contributed by atoms with Gasteiger partial charge in [-0.3, -0.25) is 0 Å². The van der Waals surface area contributed by atoms with Crippen molar-refractivity contribution in [2.45, 2.75) is 0 Å². The predicted octanol–water partition coefficient (Wildman–Crippen LogP) is 13.1. The summed E-state index contributed by atoms with van der Waals surface area (Å²) in [5.41, 5.74) is 13.8. The molecule has 1 nitrogen and oxygen atoms in total. The Morgan fingerprint density at radius 2 is 0.702 bits per heavy atom. The van der Waals surface area contributed by atoms with Crippen LogP contribution in [0.25, 0.3) is 88.3 Å². The summed E-state index contributed by atoms with van der Waals surface area (Å²) in [7, 11) is 0. The van der Waals surface area contributed by atoms with Crippen LogP contribution in [0, 0.1) is 0 Å². The van der Waals surface area contributed by atoms with E-state index in [0.717, 1.165) is 16.6 Å². The van der Waals surface area contributed by atoms with E-state index in [4.69, 9.17) is 4.42 Å². The van der Waals surface area contributed by atoms with Crippen LogP contribution in [0.3, 0.4) is 0 Å². The minimum absolute atomic E-state index is 0.922. The molecule has 0 amide bonds. The maximum absolute atomic E-state index is 6.21. The van der Waals surface area contributed by atoms with E-state index < -0.39 is 0 Å². The lowest BCUT2D eigenvalue weighted by molar-refractivity contribution is 0.669. The van der Waals surface area contributed by atoms with Gasteiger partial charge in [0, 0.05) is 10.8 Å². The van der Waals surface area contributed by atoms with Crippen molar-refractivity contribution in [2.24, 2.45) is 0 Å². The lowest BCUT2D eigenvalue weighted by Gasteiger charge is -2.13. The van der Waals surface area contributed by atoms with Gasteiger partial charge < -0.3 is 4.42 Å². The number of hydrogen-bond donors (Lipinski definition) is 0. The SMILES string of the molecule is c1ccc(-c2cccc(-c3cc(-c4ccccc4)cc(-c4cccc(-c5ccc6ccc7oc8ccccc8c7c6c5)c4)c3)c2)cc1. The Hall–Kier alpha value is -6.18. The highest BCUT2D eigenvalue weighted by atomic mass is 16.3. The van der Waals surface area contributed by atoms with Gasteiger partial charge in [0.1, 0.15) is 11.2 Å². The molecule has 0 aliphatic heterocycles. The van der Waals surface area contributed by atoms with Crippen LogP contribution in [0.5, 0.6) is 0 Å². The molecule has 0 bridgehead atoms.